The van der Waals surface area contributed by atoms with Crippen LogP contribution in [-0.2, 0) is 7.73 Å². The molecule has 1 nitrogen and oxygen atoms in total. The number of hydrogen-bond acceptors (Lipinski definition) is 1. The standard InChI is InChI=1S/C12H15N.CH3.Sb/c1-10-4-2-3-5-12(10)11-6-8-13-9-7-11;;/h2-5,13H,1,6-9H2;1H3;. The number of piperidine rings is 1. The minimum atomic E-state index is -1.05. The summed E-state index contributed by atoms with van der Waals surface area (Å²) in [5.41, 5.74) is 3.42. The van der Waals surface area contributed by atoms with Gasteiger partial charge in [-0.25, -0.2) is 0 Å². The second-order valence-corrected chi connectivity index (χ2v) is 12.1. The molecule has 2 heterocycles. The Labute approximate surface area is 99.2 Å². The molecule has 15 heavy (non-hydrogen) atoms. The average molecular weight is 310 g/mol. The zero-order valence-corrected chi connectivity index (χ0v) is 11.8. The van der Waals surface area contributed by atoms with Crippen molar-refractivity contribution in [2.45, 2.75) is 25.4 Å². The Bertz CT molecular complexity index is 369. The molecule has 0 aromatic heterocycles. The van der Waals surface area contributed by atoms with E-state index in [0.717, 1.165) is 0 Å². The van der Waals surface area contributed by atoms with Crippen LogP contribution in [0.4, 0.5) is 0 Å². The van der Waals surface area contributed by atoms with Gasteiger partial charge < -0.3 is 0 Å². The molecule has 3 rings (SSSR count). The second-order valence-electron chi connectivity index (χ2n) is 4.79. The van der Waals surface area contributed by atoms with Crippen LogP contribution in [0.5, 0.6) is 0 Å². The van der Waals surface area contributed by atoms with Crippen molar-refractivity contribution in [2.75, 3.05) is 13.1 Å². The maximum atomic E-state index is 3.52. The third-order valence-corrected chi connectivity index (χ3v) is 12.5. The third kappa shape index (κ3) is 1.47. The van der Waals surface area contributed by atoms with E-state index in [2.05, 4.69) is 34.5 Å². The van der Waals surface area contributed by atoms with Crippen molar-refractivity contribution in [1.82, 2.24) is 5.32 Å². The van der Waals surface area contributed by atoms with Gasteiger partial charge in [-0.15, -0.1) is 0 Å². The first-order valence-corrected chi connectivity index (χ1v) is 11.5. The van der Waals surface area contributed by atoms with Crippen LogP contribution in [0.3, 0.4) is 0 Å². The van der Waals surface area contributed by atoms with E-state index >= 15 is 0 Å². The van der Waals surface area contributed by atoms with Crippen molar-refractivity contribution in [2.24, 2.45) is 0 Å². The van der Waals surface area contributed by atoms with Crippen LogP contribution in [0.2, 0.25) is 4.87 Å². The number of hydrogen-bond donors (Lipinski definition) is 1. The van der Waals surface area contributed by atoms with Crippen LogP contribution < -0.4 is 5.32 Å². The molecule has 1 N–H and O–H groups in total. The molecule has 2 aliphatic heterocycles. The maximum absolute atomic E-state index is 3.52. The average Bonchev–Trinajstić information content (AvgIpc) is 2.55. The number of benzene rings is 1. The van der Waals surface area contributed by atoms with Crippen molar-refractivity contribution in [3.05, 3.63) is 35.4 Å². The first kappa shape index (κ1) is 10.2. The van der Waals surface area contributed by atoms with Crippen LogP contribution in [0.1, 0.15) is 24.0 Å². The summed E-state index contributed by atoms with van der Waals surface area (Å²) in [6, 6.07) is 9.23. The van der Waals surface area contributed by atoms with E-state index in [0.29, 0.717) is 3.36 Å². The van der Waals surface area contributed by atoms with Crippen molar-refractivity contribution >= 4 is 20.2 Å². The topological polar surface area (TPSA) is 12.0 Å². The minimum absolute atomic E-state index is 0.685. The van der Waals surface area contributed by atoms with E-state index in [1.807, 2.05) is 0 Å². The fraction of sp³-hybridized carbons (Fsp3) is 0.538. The summed E-state index contributed by atoms with van der Waals surface area (Å²) in [6.45, 7) is 2.48. The summed E-state index contributed by atoms with van der Waals surface area (Å²) in [5, 5.41) is 3.52. The molecule has 0 saturated carbocycles. The molecule has 0 unspecified atom stereocenters. The van der Waals surface area contributed by atoms with E-state index in [1.54, 1.807) is 11.1 Å². The summed E-state index contributed by atoms with van der Waals surface area (Å²) in [5.74, 6) is 0. The van der Waals surface area contributed by atoms with E-state index in [1.165, 1.54) is 30.3 Å². The molecular formula is C13H18NSb. The van der Waals surface area contributed by atoms with Crippen molar-refractivity contribution in [3.63, 3.8) is 0 Å². The predicted octanol–water partition coefficient (Wildman–Crippen LogP) is 2.07. The van der Waals surface area contributed by atoms with Gasteiger partial charge in [0.1, 0.15) is 0 Å². The zero-order chi connectivity index (χ0) is 10.3. The zero-order valence-electron chi connectivity index (χ0n) is 9.29. The Morgan fingerprint density at radius 3 is 2.73 bits per heavy atom. The Kier molecular flexibility index (Phi) is 2.57. The number of fused-ring (bicyclic) bond motifs is 2. The Morgan fingerprint density at radius 1 is 1.20 bits per heavy atom. The molecular weight excluding hydrogens is 292 g/mol. The molecule has 0 amide bonds. The molecule has 2 heteroatoms. The molecule has 0 bridgehead atoms. The van der Waals surface area contributed by atoms with Gasteiger partial charge in [-0.05, 0) is 0 Å². The molecule has 0 aliphatic carbocycles. The molecule has 1 spiro atoms. The Hall–Kier alpha value is -0.00182. The van der Waals surface area contributed by atoms with Gasteiger partial charge in [-0.2, -0.15) is 0 Å². The van der Waals surface area contributed by atoms with Gasteiger partial charge in [0.25, 0.3) is 0 Å². The molecule has 1 aromatic rings. The van der Waals surface area contributed by atoms with E-state index < -0.39 is 20.2 Å². The molecule has 1 aromatic carbocycles. The van der Waals surface area contributed by atoms with Gasteiger partial charge in [0.15, 0.2) is 0 Å². The van der Waals surface area contributed by atoms with E-state index in [9.17, 15) is 0 Å². The molecule has 1 fully saturated rings. The van der Waals surface area contributed by atoms with Crippen LogP contribution in [0.15, 0.2) is 24.3 Å². The van der Waals surface area contributed by atoms with Crippen LogP contribution in [0, 0.1) is 0 Å². The quantitative estimate of drug-likeness (QED) is 0.724. The summed E-state index contributed by atoms with van der Waals surface area (Å²) in [7, 11) is 0. The first-order chi connectivity index (χ1) is 7.33. The Morgan fingerprint density at radius 2 is 1.93 bits per heavy atom. The molecule has 2 aliphatic rings. The summed E-state index contributed by atoms with van der Waals surface area (Å²) in [4.78, 5) is 2.62. The molecule has 1 saturated heterocycles. The van der Waals surface area contributed by atoms with Gasteiger partial charge in [0.2, 0.25) is 0 Å². The van der Waals surface area contributed by atoms with Crippen molar-refractivity contribution < 1.29 is 0 Å². The summed E-state index contributed by atoms with van der Waals surface area (Å²) < 4.78 is 2.16. The molecule has 0 atom stereocenters. The normalized spacial score (nSPS) is 24.3. The van der Waals surface area contributed by atoms with Crippen LogP contribution in [0.25, 0.3) is 0 Å². The SMILES string of the molecule is [CH3][Sb]1[CH2]c2ccccc2[C]12CCNCC2. The first-order valence-electron chi connectivity index (χ1n) is 5.83. The fourth-order valence-corrected chi connectivity index (χ4v) is 10.9. The van der Waals surface area contributed by atoms with Crippen molar-refractivity contribution in [3.8, 4) is 0 Å². The van der Waals surface area contributed by atoms with Crippen LogP contribution in [-0.4, -0.2) is 33.3 Å². The number of rotatable bonds is 0. The van der Waals surface area contributed by atoms with Gasteiger partial charge >= 0.3 is 99.4 Å². The van der Waals surface area contributed by atoms with Gasteiger partial charge in [0, 0.05) is 0 Å². The van der Waals surface area contributed by atoms with E-state index in [4.69, 9.17) is 0 Å². The molecule has 80 valence electrons. The third-order valence-electron chi connectivity index (χ3n) is 4.09. The fourth-order valence-electron chi connectivity index (χ4n) is 3.22. The molecule has 0 radical (unpaired) electrons. The monoisotopic (exact) mass is 309 g/mol. The Balaban J connectivity index is 2.07. The summed E-state index contributed by atoms with van der Waals surface area (Å²) >= 11 is -1.05. The second kappa shape index (κ2) is 3.78. The van der Waals surface area contributed by atoms with Crippen molar-refractivity contribution in [1.29, 1.82) is 0 Å². The summed E-state index contributed by atoms with van der Waals surface area (Å²) in [6.07, 6.45) is 2.81. The van der Waals surface area contributed by atoms with Gasteiger partial charge in [-0.1, -0.05) is 0 Å². The number of nitrogens with one attached hydrogen (secondary N) is 1. The van der Waals surface area contributed by atoms with Gasteiger partial charge in [-0.3, -0.25) is 0 Å². The van der Waals surface area contributed by atoms with Gasteiger partial charge in [0.05, 0.1) is 0 Å². The van der Waals surface area contributed by atoms with E-state index in [-0.39, 0.29) is 0 Å². The predicted molar refractivity (Wildman–Crippen MR) is 65.5 cm³/mol. The van der Waals surface area contributed by atoms with Crippen LogP contribution >= 0.6 is 0 Å².